The van der Waals surface area contributed by atoms with Gasteiger partial charge in [-0.15, -0.1) is 5.10 Å². The first-order valence-electron chi connectivity index (χ1n) is 6.70. The van der Waals surface area contributed by atoms with Crippen LogP contribution in [0.5, 0.6) is 0 Å². The second-order valence-electron chi connectivity index (χ2n) is 4.94. The molecule has 3 rings (SSSR count). The molecule has 0 radical (unpaired) electrons. The monoisotopic (exact) mass is 325 g/mol. The minimum absolute atomic E-state index is 0.0190. The largest absolute Gasteiger partial charge is 0.371 e. The van der Waals surface area contributed by atoms with Crippen molar-refractivity contribution in [2.75, 3.05) is 6.61 Å². The minimum atomic E-state index is -0.506. The van der Waals surface area contributed by atoms with E-state index < -0.39 is 11.9 Å². The van der Waals surface area contributed by atoms with Crippen LogP contribution in [0.2, 0.25) is 5.02 Å². The van der Waals surface area contributed by atoms with Gasteiger partial charge in [-0.05, 0) is 34.5 Å². The number of rotatable bonds is 4. The molecule has 0 aliphatic carbocycles. The van der Waals surface area contributed by atoms with Gasteiger partial charge in [-0.3, -0.25) is 4.79 Å². The molecule has 1 saturated heterocycles. The summed E-state index contributed by atoms with van der Waals surface area (Å²) >= 11 is 5.68. The maximum atomic E-state index is 13.6. The fourth-order valence-corrected chi connectivity index (χ4v) is 2.53. The van der Waals surface area contributed by atoms with Crippen LogP contribution in [0.25, 0.3) is 0 Å². The summed E-state index contributed by atoms with van der Waals surface area (Å²) in [6.45, 7) is 0.510. The van der Waals surface area contributed by atoms with Crippen molar-refractivity contribution in [3.05, 3.63) is 40.9 Å². The number of nitrogens with one attached hydrogen (secondary N) is 1. The van der Waals surface area contributed by atoms with Crippen molar-refractivity contribution in [2.45, 2.75) is 25.1 Å². The Morgan fingerprint density at radius 3 is 3.14 bits per heavy atom. The van der Waals surface area contributed by atoms with Crippen molar-refractivity contribution in [1.82, 2.24) is 25.5 Å². The van der Waals surface area contributed by atoms with Gasteiger partial charge in [-0.1, -0.05) is 17.7 Å². The number of hydrogen-bond acceptors (Lipinski definition) is 5. The highest BCUT2D eigenvalue weighted by molar-refractivity contribution is 6.30. The molecule has 1 aliphatic rings. The van der Waals surface area contributed by atoms with E-state index in [0.717, 1.165) is 0 Å². The molecule has 1 aliphatic heterocycles. The predicted molar refractivity (Wildman–Crippen MR) is 74.5 cm³/mol. The molecule has 1 fully saturated rings. The zero-order valence-electron chi connectivity index (χ0n) is 11.4. The number of amides is 1. The van der Waals surface area contributed by atoms with Crippen molar-refractivity contribution < 1.29 is 13.9 Å². The number of carbonyl (C=O) groups is 1. The minimum Gasteiger partial charge on any atom is -0.371 e. The van der Waals surface area contributed by atoms with E-state index in [4.69, 9.17) is 16.3 Å². The Bertz CT molecular complexity index is 666. The van der Waals surface area contributed by atoms with Crippen LogP contribution in [0.3, 0.4) is 0 Å². The van der Waals surface area contributed by atoms with Gasteiger partial charge in [0.1, 0.15) is 24.8 Å². The van der Waals surface area contributed by atoms with Gasteiger partial charge in [0.25, 0.3) is 0 Å². The Morgan fingerprint density at radius 2 is 2.41 bits per heavy atom. The first kappa shape index (κ1) is 14.9. The molecular formula is C13H13ClFN5O2. The standard InChI is InChI=1S/C13H13ClFN5O2/c14-9-2-1-8(5-10(9)15)13-11(3-4-22-13)17-12(21)6-20-7-16-18-19-20/h1-2,5,7,11,13H,3-4,6H2,(H,17,21)/t11-,13+/m1/s1. The average molecular weight is 326 g/mol. The molecule has 7 nitrogen and oxygen atoms in total. The van der Waals surface area contributed by atoms with E-state index in [9.17, 15) is 9.18 Å². The topological polar surface area (TPSA) is 81.9 Å². The summed E-state index contributed by atoms with van der Waals surface area (Å²) in [7, 11) is 0. The van der Waals surface area contributed by atoms with E-state index in [-0.39, 0.29) is 23.5 Å². The van der Waals surface area contributed by atoms with Gasteiger partial charge in [0, 0.05) is 6.61 Å². The van der Waals surface area contributed by atoms with Crippen LogP contribution in [-0.2, 0) is 16.1 Å². The van der Waals surface area contributed by atoms with Crippen molar-refractivity contribution >= 4 is 17.5 Å². The Morgan fingerprint density at radius 1 is 1.55 bits per heavy atom. The molecule has 22 heavy (non-hydrogen) atoms. The molecule has 116 valence electrons. The number of halogens is 2. The molecule has 9 heteroatoms. The number of benzene rings is 1. The van der Waals surface area contributed by atoms with Gasteiger partial charge in [0.05, 0.1) is 11.1 Å². The van der Waals surface area contributed by atoms with E-state index in [1.54, 1.807) is 6.07 Å². The molecule has 1 amide bonds. The second kappa shape index (κ2) is 6.37. The Hall–Kier alpha value is -2.06. The second-order valence-corrected chi connectivity index (χ2v) is 5.34. The number of ether oxygens (including phenoxy) is 1. The van der Waals surface area contributed by atoms with Crippen LogP contribution in [0, 0.1) is 5.82 Å². The van der Waals surface area contributed by atoms with E-state index in [1.165, 1.54) is 23.1 Å². The zero-order chi connectivity index (χ0) is 15.5. The lowest BCUT2D eigenvalue weighted by molar-refractivity contribution is -0.123. The molecule has 0 spiro atoms. The normalized spacial score (nSPS) is 21.0. The third-order valence-corrected chi connectivity index (χ3v) is 3.71. The van der Waals surface area contributed by atoms with Crippen LogP contribution < -0.4 is 5.32 Å². The fourth-order valence-electron chi connectivity index (χ4n) is 2.41. The highest BCUT2D eigenvalue weighted by Crippen LogP contribution is 2.31. The quantitative estimate of drug-likeness (QED) is 0.910. The molecule has 2 heterocycles. The molecule has 0 bridgehead atoms. The lowest BCUT2D eigenvalue weighted by Gasteiger charge is -2.20. The molecule has 2 aromatic rings. The summed E-state index contributed by atoms with van der Waals surface area (Å²) in [5, 5.41) is 13.5. The van der Waals surface area contributed by atoms with Gasteiger partial charge in [-0.2, -0.15) is 0 Å². The van der Waals surface area contributed by atoms with E-state index >= 15 is 0 Å². The van der Waals surface area contributed by atoms with Crippen molar-refractivity contribution in [2.24, 2.45) is 0 Å². The highest BCUT2D eigenvalue weighted by Gasteiger charge is 2.31. The summed E-state index contributed by atoms with van der Waals surface area (Å²) in [4.78, 5) is 12.0. The first-order chi connectivity index (χ1) is 10.6. The average Bonchev–Trinajstić information content (AvgIpc) is 3.13. The van der Waals surface area contributed by atoms with Gasteiger partial charge < -0.3 is 10.1 Å². The maximum absolute atomic E-state index is 13.6. The van der Waals surface area contributed by atoms with Gasteiger partial charge in [0.15, 0.2) is 0 Å². The maximum Gasteiger partial charge on any atom is 0.242 e. The summed E-state index contributed by atoms with van der Waals surface area (Å²) < 4.78 is 20.5. The molecule has 0 saturated carbocycles. The van der Waals surface area contributed by atoms with E-state index in [0.29, 0.717) is 18.6 Å². The smallest absolute Gasteiger partial charge is 0.242 e. The number of carbonyl (C=O) groups excluding carboxylic acids is 1. The Labute approximate surface area is 130 Å². The summed E-state index contributed by atoms with van der Waals surface area (Å²) in [6.07, 6.45) is 1.61. The molecule has 0 unspecified atom stereocenters. The molecule has 1 aromatic heterocycles. The summed E-state index contributed by atoms with van der Waals surface area (Å²) in [5.41, 5.74) is 0.645. The number of tetrazole rings is 1. The van der Waals surface area contributed by atoms with Crippen LogP contribution in [0.1, 0.15) is 18.1 Å². The number of hydrogen-bond donors (Lipinski definition) is 1. The highest BCUT2D eigenvalue weighted by atomic mass is 35.5. The lowest BCUT2D eigenvalue weighted by Crippen LogP contribution is -2.38. The third kappa shape index (κ3) is 3.23. The summed E-state index contributed by atoms with van der Waals surface area (Å²) in [6, 6.07) is 4.28. The molecule has 1 N–H and O–H groups in total. The van der Waals surface area contributed by atoms with E-state index in [2.05, 4.69) is 20.8 Å². The molecular weight excluding hydrogens is 313 g/mol. The Kier molecular flexibility index (Phi) is 4.30. The third-order valence-electron chi connectivity index (χ3n) is 3.41. The van der Waals surface area contributed by atoms with Crippen molar-refractivity contribution in [3.63, 3.8) is 0 Å². The van der Waals surface area contributed by atoms with Crippen LogP contribution in [-0.4, -0.2) is 38.8 Å². The van der Waals surface area contributed by atoms with Gasteiger partial charge in [0.2, 0.25) is 5.91 Å². The Balaban J connectivity index is 1.67. The summed E-state index contributed by atoms with van der Waals surface area (Å²) in [5.74, 6) is -0.740. The SMILES string of the molecule is O=C(Cn1cnnn1)N[C@@H]1CCO[C@H]1c1ccc(Cl)c(F)c1. The van der Waals surface area contributed by atoms with Crippen molar-refractivity contribution in [1.29, 1.82) is 0 Å². The van der Waals surface area contributed by atoms with Crippen LogP contribution in [0.15, 0.2) is 24.5 Å². The van der Waals surface area contributed by atoms with Crippen LogP contribution in [0.4, 0.5) is 4.39 Å². The predicted octanol–water partition coefficient (Wildman–Crippen LogP) is 1.11. The number of aromatic nitrogens is 4. The number of nitrogens with zero attached hydrogens (tertiary/aromatic N) is 4. The zero-order valence-corrected chi connectivity index (χ0v) is 12.2. The molecule has 1 aromatic carbocycles. The lowest BCUT2D eigenvalue weighted by atomic mass is 10.0. The fraction of sp³-hybridized carbons (Fsp3) is 0.385. The van der Waals surface area contributed by atoms with Gasteiger partial charge >= 0.3 is 0 Å². The van der Waals surface area contributed by atoms with Crippen LogP contribution >= 0.6 is 11.6 Å². The van der Waals surface area contributed by atoms with Gasteiger partial charge in [-0.25, -0.2) is 9.07 Å². The van der Waals surface area contributed by atoms with Crippen molar-refractivity contribution in [3.8, 4) is 0 Å². The van der Waals surface area contributed by atoms with E-state index in [1.807, 2.05) is 0 Å². The first-order valence-corrected chi connectivity index (χ1v) is 7.08. The molecule has 2 atom stereocenters.